The summed E-state index contributed by atoms with van der Waals surface area (Å²) < 4.78 is 1.07. The fourth-order valence-corrected chi connectivity index (χ4v) is 2.59. The van der Waals surface area contributed by atoms with E-state index in [1.807, 2.05) is 50.2 Å². The molecule has 2 rings (SSSR count). The summed E-state index contributed by atoms with van der Waals surface area (Å²) in [4.78, 5) is 11.8. The SMILES string of the molecule is CC(C)CC(=O)Nc1cccc(NCc2cccc(Br)c2)c1. The molecule has 2 aromatic carbocycles. The van der Waals surface area contributed by atoms with Gasteiger partial charge in [0.25, 0.3) is 0 Å². The Morgan fingerprint density at radius 2 is 1.82 bits per heavy atom. The van der Waals surface area contributed by atoms with Crippen molar-refractivity contribution in [3.05, 3.63) is 58.6 Å². The van der Waals surface area contributed by atoms with Crippen LogP contribution >= 0.6 is 15.9 Å². The van der Waals surface area contributed by atoms with E-state index in [1.165, 1.54) is 5.56 Å². The summed E-state index contributed by atoms with van der Waals surface area (Å²) in [5, 5.41) is 6.30. The summed E-state index contributed by atoms with van der Waals surface area (Å²) >= 11 is 3.47. The van der Waals surface area contributed by atoms with Crippen LogP contribution < -0.4 is 10.6 Å². The number of anilines is 2. The van der Waals surface area contributed by atoms with Crippen LogP contribution in [0.4, 0.5) is 11.4 Å². The van der Waals surface area contributed by atoms with Gasteiger partial charge >= 0.3 is 0 Å². The van der Waals surface area contributed by atoms with Crippen molar-refractivity contribution >= 4 is 33.2 Å². The lowest BCUT2D eigenvalue weighted by molar-refractivity contribution is -0.116. The maximum absolute atomic E-state index is 11.8. The monoisotopic (exact) mass is 360 g/mol. The maximum atomic E-state index is 11.8. The molecule has 0 saturated heterocycles. The van der Waals surface area contributed by atoms with E-state index in [0.29, 0.717) is 12.3 Å². The van der Waals surface area contributed by atoms with E-state index in [4.69, 9.17) is 0 Å². The summed E-state index contributed by atoms with van der Waals surface area (Å²) in [7, 11) is 0. The van der Waals surface area contributed by atoms with Crippen molar-refractivity contribution in [2.45, 2.75) is 26.8 Å². The first-order chi connectivity index (χ1) is 10.5. The molecule has 4 heteroatoms. The minimum absolute atomic E-state index is 0.0548. The van der Waals surface area contributed by atoms with Crippen molar-refractivity contribution in [1.82, 2.24) is 0 Å². The Bertz CT molecular complexity index is 640. The van der Waals surface area contributed by atoms with Crippen LogP contribution in [0.5, 0.6) is 0 Å². The highest BCUT2D eigenvalue weighted by molar-refractivity contribution is 9.10. The van der Waals surface area contributed by atoms with E-state index in [9.17, 15) is 4.79 Å². The van der Waals surface area contributed by atoms with E-state index in [0.717, 1.165) is 22.4 Å². The summed E-state index contributed by atoms with van der Waals surface area (Å²) in [6, 6.07) is 16.0. The number of carbonyl (C=O) groups is 1. The molecule has 0 aliphatic heterocycles. The number of amides is 1. The van der Waals surface area contributed by atoms with Crippen LogP contribution in [0, 0.1) is 5.92 Å². The number of benzene rings is 2. The number of carbonyl (C=O) groups excluding carboxylic acids is 1. The zero-order chi connectivity index (χ0) is 15.9. The predicted molar refractivity (Wildman–Crippen MR) is 96.0 cm³/mol. The molecule has 1 amide bonds. The van der Waals surface area contributed by atoms with Crippen molar-refractivity contribution in [2.24, 2.45) is 5.92 Å². The molecule has 3 nitrogen and oxygen atoms in total. The Hall–Kier alpha value is -1.81. The van der Waals surface area contributed by atoms with Crippen molar-refractivity contribution < 1.29 is 4.79 Å². The highest BCUT2D eigenvalue weighted by Crippen LogP contribution is 2.18. The van der Waals surface area contributed by atoms with Gasteiger partial charge in [-0.2, -0.15) is 0 Å². The fourth-order valence-electron chi connectivity index (χ4n) is 2.14. The Morgan fingerprint density at radius 3 is 2.55 bits per heavy atom. The van der Waals surface area contributed by atoms with E-state index >= 15 is 0 Å². The van der Waals surface area contributed by atoms with Crippen LogP contribution in [0.15, 0.2) is 53.0 Å². The van der Waals surface area contributed by atoms with Gasteiger partial charge in [0.1, 0.15) is 0 Å². The zero-order valence-electron chi connectivity index (χ0n) is 12.9. The third-order valence-corrected chi connectivity index (χ3v) is 3.62. The van der Waals surface area contributed by atoms with Crippen molar-refractivity contribution in [2.75, 3.05) is 10.6 Å². The third-order valence-electron chi connectivity index (χ3n) is 3.13. The lowest BCUT2D eigenvalue weighted by atomic mass is 10.1. The highest BCUT2D eigenvalue weighted by Gasteiger charge is 2.05. The molecule has 0 fully saturated rings. The molecule has 116 valence electrons. The van der Waals surface area contributed by atoms with Gasteiger partial charge in [0.05, 0.1) is 0 Å². The van der Waals surface area contributed by atoms with E-state index in [-0.39, 0.29) is 5.91 Å². The number of hydrogen-bond acceptors (Lipinski definition) is 2. The molecular formula is C18H21BrN2O. The van der Waals surface area contributed by atoms with Crippen LogP contribution in [0.1, 0.15) is 25.8 Å². The second kappa shape index (κ2) is 7.99. The lowest BCUT2D eigenvalue weighted by Gasteiger charge is -2.11. The highest BCUT2D eigenvalue weighted by atomic mass is 79.9. The number of hydrogen-bond donors (Lipinski definition) is 2. The van der Waals surface area contributed by atoms with E-state index < -0.39 is 0 Å². The van der Waals surface area contributed by atoms with Crippen molar-refractivity contribution in [3.63, 3.8) is 0 Å². The van der Waals surface area contributed by atoms with Gasteiger partial charge in [0.2, 0.25) is 5.91 Å². The Morgan fingerprint density at radius 1 is 1.09 bits per heavy atom. The smallest absolute Gasteiger partial charge is 0.224 e. The molecular weight excluding hydrogens is 340 g/mol. The molecule has 0 unspecified atom stereocenters. The van der Waals surface area contributed by atoms with Crippen molar-refractivity contribution in [1.29, 1.82) is 0 Å². The molecule has 0 heterocycles. The molecule has 0 saturated carbocycles. The van der Waals surface area contributed by atoms with Crippen LogP contribution in [0.25, 0.3) is 0 Å². The molecule has 0 atom stereocenters. The van der Waals surface area contributed by atoms with E-state index in [1.54, 1.807) is 0 Å². The molecule has 0 aromatic heterocycles. The molecule has 0 spiro atoms. The normalized spacial score (nSPS) is 10.5. The van der Waals surface area contributed by atoms with Crippen LogP contribution in [0.3, 0.4) is 0 Å². The summed E-state index contributed by atoms with van der Waals surface area (Å²) in [6.45, 7) is 4.81. The van der Waals surface area contributed by atoms with Crippen LogP contribution in [-0.4, -0.2) is 5.91 Å². The average molecular weight is 361 g/mol. The maximum Gasteiger partial charge on any atom is 0.224 e. The number of halogens is 1. The second-order valence-electron chi connectivity index (χ2n) is 5.71. The molecule has 0 radical (unpaired) electrons. The van der Waals surface area contributed by atoms with Gasteiger partial charge in [-0.1, -0.05) is 48.0 Å². The minimum Gasteiger partial charge on any atom is -0.381 e. The number of nitrogens with one attached hydrogen (secondary N) is 2. The second-order valence-corrected chi connectivity index (χ2v) is 6.63. The molecule has 2 aromatic rings. The van der Waals surface area contributed by atoms with Crippen molar-refractivity contribution in [3.8, 4) is 0 Å². The summed E-state index contributed by atoms with van der Waals surface area (Å²) in [5.74, 6) is 0.414. The summed E-state index contributed by atoms with van der Waals surface area (Å²) in [6.07, 6.45) is 0.537. The first-order valence-electron chi connectivity index (χ1n) is 7.41. The van der Waals surface area contributed by atoms with Gasteiger partial charge in [0.15, 0.2) is 0 Å². The van der Waals surface area contributed by atoms with Crippen LogP contribution in [0.2, 0.25) is 0 Å². The van der Waals surface area contributed by atoms with Gasteiger partial charge in [-0.3, -0.25) is 4.79 Å². The molecule has 22 heavy (non-hydrogen) atoms. The average Bonchev–Trinajstić information content (AvgIpc) is 2.44. The minimum atomic E-state index is 0.0548. The Balaban J connectivity index is 1.95. The van der Waals surface area contributed by atoms with Gasteiger partial charge in [0, 0.05) is 28.8 Å². The Kier molecular flexibility index (Phi) is 6.01. The van der Waals surface area contributed by atoms with Gasteiger partial charge in [-0.15, -0.1) is 0 Å². The molecule has 0 aliphatic rings. The molecule has 2 N–H and O–H groups in total. The predicted octanol–water partition coefficient (Wildman–Crippen LogP) is 5.05. The Labute approximate surface area is 140 Å². The topological polar surface area (TPSA) is 41.1 Å². The fraction of sp³-hybridized carbons (Fsp3) is 0.278. The van der Waals surface area contributed by atoms with Gasteiger partial charge in [-0.05, 0) is 41.8 Å². The van der Waals surface area contributed by atoms with Gasteiger partial charge < -0.3 is 10.6 Å². The molecule has 0 bridgehead atoms. The van der Waals surface area contributed by atoms with Gasteiger partial charge in [-0.25, -0.2) is 0 Å². The number of rotatable bonds is 6. The van der Waals surface area contributed by atoms with E-state index in [2.05, 4.69) is 38.7 Å². The first kappa shape index (κ1) is 16.6. The first-order valence-corrected chi connectivity index (χ1v) is 8.20. The van der Waals surface area contributed by atoms with Crippen LogP contribution in [-0.2, 0) is 11.3 Å². The standard InChI is InChI=1S/C18H21BrN2O/c1-13(2)9-18(22)21-17-8-4-7-16(11-17)20-12-14-5-3-6-15(19)10-14/h3-8,10-11,13,20H,9,12H2,1-2H3,(H,21,22). The largest absolute Gasteiger partial charge is 0.381 e. The third kappa shape index (κ3) is 5.53. The lowest BCUT2D eigenvalue weighted by Crippen LogP contribution is -2.13. The quantitative estimate of drug-likeness (QED) is 0.756. The zero-order valence-corrected chi connectivity index (χ0v) is 14.5. The molecule has 0 aliphatic carbocycles. The summed E-state index contributed by atoms with van der Waals surface area (Å²) in [5.41, 5.74) is 3.01.